The molecule has 2 N–H and O–H groups in total. The van der Waals surface area contributed by atoms with E-state index in [0.717, 1.165) is 10.5 Å². The van der Waals surface area contributed by atoms with Crippen molar-refractivity contribution in [3.63, 3.8) is 0 Å². The number of carbonyl (C=O) groups is 1. The number of esters is 1. The maximum atomic E-state index is 14.7. The van der Waals surface area contributed by atoms with Crippen LogP contribution in [0.25, 0.3) is 11.4 Å². The molecule has 3 aromatic rings. The van der Waals surface area contributed by atoms with Gasteiger partial charge in [0, 0.05) is 4.90 Å². The van der Waals surface area contributed by atoms with E-state index in [4.69, 9.17) is 38.4 Å². The van der Waals surface area contributed by atoms with E-state index in [1.54, 1.807) is 11.8 Å². The number of nitrogens with zero attached hydrogens (tertiary/aromatic N) is 2. The van der Waals surface area contributed by atoms with E-state index in [-0.39, 0.29) is 45.3 Å². The number of aromatic nitrogens is 2. The fourth-order valence-electron chi connectivity index (χ4n) is 2.55. The third kappa shape index (κ3) is 4.61. The van der Waals surface area contributed by atoms with E-state index in [1.165, 1.54) is 19.2 Å². The fourth-order valence-corrected chi connectivity index (χ4v) is 3.34. The molecule has 156 valence electrons. The summed E-state index contributed by atoms with van der Waals surface area (Å²) in [6.07, 6.45) is 1.97. The topological polar surface area (TPSA) is 87.3 Å². The van der Waals surface area contributed by atoms with Crippen LogP contribution in [-0.4, -0.2) is 29.3 Å². The van der Waals surface area contributed by atoms with Gasteiger partial charge in [-0.1, -0.05) is 35.3 Å². The van der Waals surface area contributed by atoms with Crippen molar-refractivity contribution in [1.29, 1.82) is 0 Å². The number of benzene rings is 2. The van der Waals surface area contributed by atoms with Crippen LogP contribution < -0.4 is 10.5 Å². The Morgan fingerprint density at radius 3 is 2.50 bits per heavy atom. The molecule has 3 rings (SSSR count). The summed E-state index contributed by atoms with van der Waals surface area (Å²) in [5, 5.41) is -0.101. The number of hydrogen-bond acceptors (Lipinski definition) is 7. The molecule has 30 heavy (non-hydrogen) atoms. The number of halogens is 3. The molecule has 0 bridgehead atoms. The molecule has 0 aliphatic rings. The number of nitrogen functional groups attached to an aromatic ring is 1. The minimum Gasteiger partial charge on any atom is -0.492 e. The fraction of sp³-hybridized carbons (Fsp3) is 0.150. The highest BCUT2D eigenvalue weighted by molar-refractivity contribution is 7.98. The van der Waals surface area contributed by atoms with Crippen LogP contribution in [0, 0.1) is 5.82 Å². The van der Waals surface area contributed by atoms with E-state index in [9.17, 15) is 9.18 Å². The number of hydrogen-bond donors (Lipinski definition) is 1. The summed E-state index contributed by atoms with van der Waals surface area (Å²) in [6.45, 7) is 0.00614. The van der Waals surface area contributed by atoms with Crippen LogP contribution in [0.3, 0.4) is 0 Å². The predicted molar refractivity (Wildman–Crippen MR) is 116 cm³/mol. The van der Waals surface area contributed by atoms with Crippen molar-refractivity contribution in [3.05, 3.63) is 63.5 Å². The second-order valence-electron chi connectivity index (χ2n) is 5.96. The first kappa shape index (κ1) is 22.1. The van der Waals surface area contributed by atoms with Crippen molar-refractivity contribution >= 4 is 46.8 Å². The molecule has 0 atom stereocenters. The zero-order valence-electron chi connectivity index (χ0n) is 15.9. The molecule has 0 saturated carbocycles. The zero-order valence-corrected chi connectivity index (χ0v) is 18.2. The molecule has 0 unspecified atom stereocenters. The van der Waals surface area contributed by atoms with Gasteiger partial charge in [0.1, 0.15) is 17.4 Å². The van der Waals surface area contributed by atoms with E-state index in [0.29, 0.717) is 0 Å². The summed E-state index contributed by atoms with van der Waals surface area (Å²) >= 11 is 13.6. The Hall–Kier alpha value is -2.55. The Kier molecular flexibility index (Phi) is 7.02. The van der Waals surface area contributed by atoms with Gasteiger partial charge in [-0.2, -0.15) is 0 Å². The van der Waals surface area contributed by atoms with Crippen molar-refractivity contribution in [2.24, 2.45) is 0 Å². The predicted octanol–water partition coefficient (Wildman–Crippen LogP) is 5.26. The number of anilines is 1. The molecule has 0 aliphatic carbocycles. The van der Waals surface area contributed by atoms with Gasteiger partial charge in [-0.25, -0.2) is 19.2 Å². The van der Waals surface area contributed by atoms with Crippen molar-refractivity contribution in [2.75, 3.05) is 19.1 Å². The van der Waals surface area contributed by atoms with Crippen LogP contribution in [0.4, 0.5) is 10.2 Å². The van der Waals surface area contributed by atoms with E-state index < -0.39 is 11.8 Å². The number of carbonyl (C=O) groups excluding carboxylic acids is 1. The molecule has 1 heterocycles. The molecule has 0 radical (unpaired) electrons. The quantitative estimate of drug-likeness (QED) is 0.390. The second kappa shape index (κ2) is 9.51. The van der Waals surface area contributed by atoms with Gasteiger partial charge in [0.2, 0.25) is 0 Å². The Morgan fingerprint density at radius 1 is 1.17 bits per heavy atom. The first-order valence-corrected chi connectivity index (χ1v) is 10.5. The first-order valence-electron chi connectivity index (χ1n) is 8.51. The lowest BCUT2D eigenvalue weighted by Gasteiger charge is -2.11. The van der Waals surface area contributed by atoms with Gasteiger partial charge in [0.25, 0.3) is 0 Å². The zero-order chi connectivity index (χ0) is 21.8. The van der Waals surface area contributed by atoms with Crippen molar-refractivity contribution in [1.82, 2.24) is 9.97 Å². The van der Waals surface area contributed by atoms with E-state index in [2.05, 4.69) is 9.97 Å². The number of methoxy groups -OCH3 is 1. The van der Waals surface area contributed by atoms with Gasteiger partial charge in [-0.3, -0.25) is 0 Å². The monoisotopic (exact) mass is 467 g/mol. The maximum absolute atomic E-state index is 14.7. The van der Waals surface area contributed by atoms with Crippen LogP contribution in [-0.2, 0) is 11.3 Å². The molecule has 0 saturated heterocycles. The highest BCUT2D eigenvalue weighted by atomic mass is 35.5. The summed E-state index contributed by atoms with van der Waals surface area (Å²) in [7, 11) is 1.28. The molecule has 0 aliphatic heterocycles. The van der Waals surface area contributed by atoms with Gasteiger partial charge in [-0.05, 0) is 36.1 Å². The molecule has 6 nitrogen and oxygen atoms in total. The lowest BCUT2D eigenvalue weighted by atomic mass is 10.1. The van der Waals surface area contributed by atoms with Crippen molar-refractivity contribution < 1.29 is 18.7 Å². The number of thioether (sulfide) groups is 1. The average molecular weight is 468 g/mol. The van der Waals surface area contributed by atoms with Crippen LogP contribution in [0.15, 0.2) is 41.3 Å². The standard InChI is InChI=1S/C20H16Cl2FN3O3S/c1-28-17-13(21)8-7-12(15(17)23)19-25-16(14(22)18(24)26-19)20(27)29-9-10-3-5-11(30-2)6-4-10/h3-8H,9H2,1-2H3,(H2,24,25,26). The SMILES string of the molecule is COc1c(Cl)ccc(-c2nc(N)c(Cl)c(C(=O)OCc3ccc(SC)cc3)n2)c1F. The van der Waals surface area contributed by atoms with Crippen LogP contribution in [0.5, 0.6) is 5.75 Å². The average Bonchev–Trinajstić information content (AvgIpc) is 2.74. The summed E-state index contributed by atoms with van der Waals surface area (Å²) in [5.74, 6) is -2.12. The first-order chi connectivity index (χ1) is 14.3. The number of nitrogens with two attached hydrogens (primary N) is 1. The molecule has 0 spiro atoms. The highest BCUT2D eigenvalue weighted by Gasteiger charge is 2.23. The Bertz CT molecular complexity index is 1100. The lowest BCUT2D eigenvalue weighted by Crippen LogP contribution is -2.12. The van der Waals surface area contributed by atoms with Gasteiger partial charge in [0.05, 0.1) is 17.7 Å². The van der Waals surface area contributed by atoms with Gasteiger partial charge < -0.3 is 15.2 Å². The summed E-state index contributed by atoms with van der Waals surface area (Å²) < 4.78 is 25.0. The molecule has 10 heteroatoms. The largest absolute Gasteiger partial charge is 0.492 e. The third-order valence-corrected chi connectivity index (χ3v) is 5.51. The number of ether oxygens (including phenoxy) is 2. The lowest BCUT2D eigenvalue weighted by molar-refractivity contribution is 0.0466. The Labute approximate surface area is 186 Å². The van der Waals surface area contributed by atoms with Gasteiger partial charge in [-0.15, -0.1) is 11.8 Å². The molecular weight excluding hydrogens is 452 g/mol. The van der Waals surface area contributed by atoms with Crippen LogP contribution in [0.1, 0.15) is 16.1 Å². The Balaban J connectivity index is 1.90. The maximum Gasteiger partial charge on any atom is 0.359 e. The number of rotatable bonds is 6. The van der Waals surface area contributed by atoms with E-state index in [1.807, 2.05) is 30.5 Å². The molecule has 0 fully saturated rings. The van der Waals surface area contributed by atoms with Gasteiger partial charge in [0.15, 0.2) is 23.1 Å². The second-order valence-corrected chi connectivity index (χ2v) is 7.63. The summed E-state index contributed by atoms with van der Waals surface area (Å²) in [5.41, 5.74) is 6.27. The summed E-state index contributed by atoms with van der Waals surface area (Å²) in [4.78, 5) is 21.7. The molecular formula is C20H16Cl2FN3O3S. The highest BCUT2D eigenvalue weighted by Crippen LogP contribution is 2.35. The van der Waals surface area contributed by atoms with Crippen molar-refractivity contribution in [3.8, 4) is 17.1 Å². The molecule has 0 amide bonds. The van der Waals surface area contributed by atoms with E-state index >= 15 is 0 Å². The van der Waals surface area contributed by atoms with Gasteiger partial charge >= 0.3 is 5.97 Å². The third-order valence-electron chi connectivity index (χ3n) is 4.09. The molecule has 1 aromatic heterocycles. The molecule has 2 aromatic carbocycles. The minimum absolute atomic E-state index is 0.00614. The summed E-state index contributed by atoms with van der Waals surface area (Å²) in [6, 6.07) is 10.3. The van der Waals surface area contributed by atoms with Crippen LogP contribution in [0.2, 0.25) is 10.0 Å². The van der Waals surface area contributed by atoms with Crippen LogP contribution >= 0.6 is 35.0 Å². The normalized spacial score (nSPS) is 10.7. The van der Waals surface area contributed by atoms with Crippen molar-refractivity contribution in [2.45, 2.75) is 11.5 Å². The Morgan fingerprint density at radius 2 is 1.87 bits per heavy atom. The smallest absolute Gasteiger partial charge is 0.359 e. The minimum atomic E-state index is -0.814.